The van der Waals surface area contributed by atoms with Crippen molar-refractivity contribution in [2.45, 2.75) is 44.7 Å². The first kappa shape index (κ1) is 15.1. The number of carbonyl (C=O) groups excluding carboxylic acids is 1. The number of urea groups is 1. The molecule has 1 N–H and O–H groups in total. The highest BCUT2D eigenvalue weighted by Crippen LogP contribution is 2.27. The van der Waals surface area contributed by atoms with Gasteiger partial charge in [0.15, 0.2) is 0 Å². The Hall–Kier alpha value is -1.30. The van der Waals surface area contributed by atoms with Crippen LogP contribution in [0.3, 0.4) is 0 Å². The predicted molar refractivity (Wildman–Crippen MR) is 73.5 cm³/mol. The summed E-state index contributed by atoms with van der Waals surface area (Å²) in [6.07, 6.45) is 4.07. The number of aliphatic carboxylic acids is 1. The third kappa shape index (κ3) is 2.90. The maximum absolute atomic E-state index is 12.6. The van der Waals surface area contributed by atoms with Gasteiger partial charge in [0.05, 0.1) is 19.3 Å². The summed E-state index contributed by atoms with van der Waals surface area (Å²) in [4.78, 5) is 27.4. The second-order valence-corrected chi connectivity index (χ2v) is 5.72. The number of hydrogen-bond donors (Lipinski definition) is 1. The van der Waals surface area contributed by atoms with Crippen molar-refractivity contribution in [3.63, 3.8) is 0 Å². The number of carboxylic acid groups (broad SMARTS) is 1. The second-order valence-electron chi connectivity index (χ2n) is 5.72. The first-order valence-electron chi connectivity index (χ1n) is 7.40. The van der Waals surface area contributed by atoms with Crippen LogP contribution in [0.4, 0.5) is 4.79 Å². The number of carboxylic acids is 1. The molecule has 1 aliphatic heterocycles. The highest BCUT2D eigenvalue weighted by atomic mass is 16.5. The summed E-state index contributed by atoms with van der Waals surface area (Å²) in [5, 5.41) is 9.26. The molecule has 0 spiro atoms. The molecule has 2 atom stereocenters. The lowest BCUT2D eigenvalue weighted by atomic mass is 9.92. The minimum absolute atomic E-state index is 0.0571. The van der Waals surface area contributed by atoms with Gasteiger partial charge in [-0.05, 0) is 25.7 Å². The largest absolute Gasteiger partial charge is 0.481 e. The Morgan fingerprint density at radius 3 is 2.50 bits per heavy atom. The lowest BCUT2D eigenvalue weighted by molar-refractivity contribution is -0.142. The SMILES string of the molecule is CCCN(C(=O)N(C)C1CCC1)C1COCC1C(=O)O. The monoisotopic (exact) mass is 284 g/mol. The van der Waals surface area contributed by atoms with Crippen molar-refractivity contribution in [2.75, 3.05) is 26.8 Å². The molecule has 2 amide bonds. The van der Waals surface area contributed by atoms with Gasteiger partial charge in [0, 0.05) is 19.6 Å². The Bertz CT molecular complexity index is 370. The standard InChI is InChI=1S/C14H24N2O4/c1-3-7-16(12-9-20-8-11(12)13(17)18)14(19)15(2)10-5-4-6-10/h10-12H,3-9H2,1-2H3,(H,17,18). The number of ether oxygens (including phenoxy) is 1. The molecular weight excluding hydrogens is 260 g/mol. The van der Waals surface area contributed by atoms with Crippen LogP contribution in [-0.2, 0) is 9.53 Å². The first-order valence-corrected chi connectivity index (χ1v) is 7.40. The van der Waals surface area contributed by atoms with Crippen molar-refractivity contribution < 1.29 is 19.4 Å². The number of amides is 2. The summed E-state index contributed by atoms with van der Waals surface area (Å²) >= 11 is 0. The molecule has 6 heteroatoms. The van der Waals surface area contributed by atoms with Gasteiger partial charge in [0.25, 0.3) is 0 Å². The number of carbonyl (C=O) groups is 2. The van der Waals surface area contributed by atoms with E-state index >= 15 is 0 Å². The molecule has 2 aliphatic rings. The lowest BCUT2D eigenvalue weighted by Crippen LogP contribution is -2.54. The summed E-state index contributed by atoms with van der Waals surface area (Å²) in [7, 11) is 1.82. The van der Waals surface area contributed by atoms with Gasteiger partial charge in [-0.15, -0.1) is 0 Å². The van der Waals surface area contributed by atoms with E-state index in [-0.39, 0.29) is 18.7 Å². The summed E-state index contributed by atoms with van der Waals surface area (Å²) in [6.45, 7) is 3.09. The fourth-order valence-corrected chi connectivity index (χ4v) is 2.86. The van der Waals surface area contributed by atoms with Crippen LogP contribution in [0.2, 0.25) is 0 Å². The van der Waals surface area contributed by atoms with Gasteiger partial charge in [-0.1, -0.05) is 6.92 Å². The Balaban J connectivity index is 2.08. The minimum atomic E-state index is -0.882. The van der Waals surface area contributed by atoms with Crippen LogP contribution in [0.15, 0.2) is 0 Å². The average molecular weight is 284 g/mol. The third-order valence-corrected chi connectivity index (χ3v) is 4.40. The molecule has 1 heterocycles. The maximum atomic E-state index is 12.6. The Labute approximate surface area is 119 Å². The fraction of sp³-hybridized carbons (Fsp3) is 0.857. The summed E-state index contributed by atoms with van der Waals surface area (Å²) in [5.74, 6) is -1.49. The van der Waals surface area contributed by atoms with Crippen molar-refractivity contribution in [2.24, 2.45) is 5.92 Å². The fourth-order valence-electron chi connectivity index (χ4n) is 2.86. The molecule has 20 heavy (non-hydrogen) atoms. The van der Waals surface area contributed by atoms with E-state index in [0.29, 0.717) is 19.2 Å². The average Bonchev–Trinajstić information content (AvgIpc) is 2.81. The zero-order valence-electron chi connectivity index (χ0n) is 12.2. The molecule has 2 unspecified atom stereocenters. The van der Waals surface area contributed by atoms with Crippen LogP contribution in [0.25, 0.3) is 0 Å². The van der Waals surface area contributed by atoms with Crippen LogP contribution < -0.4 is 0 Å². The molecular formula is C14H24N2O4. The quantitative estimate of drug-likeness (QED) is 0.828. The zero-order valence-corrected chi connectivity index (χ0v) is 12.2. The predicted octanol–water partition coefficient (Wildman–Crippen LogP) is 1.40. The molecule has 2 rings (SSSR count). The molecule has 0 aromatic rings. The lowest BCUT2D eigenvalue weighted by Gasteiger charge is -2.40. The first-order chi connectivity index (χ1) is 9.56. The molecule has 0 bridgehead atoms. The van der Waals surface area contributed by atoms with Gasteiger partial charge in [0.1, 0.15) is 5.92 Å². The molecule has 1 aliphatic carbocycles. The van der Waals surface area contributed by atoms with E-state index in [0.717, 1.165) is 19.3 Å². The number of nitrogens with zero attached hydrogens (tertiary/aromatic N) is 2. The molecule has 6 nitrogen and oxygen atoms in total. The highest BCUT2D eigenvalue weighted by Gasteiger charge is 2.41. The van der Waals surface area contributed by atoms with Crippen LogP contribution in [-0.4, -0.2) is 65.8 Å². The number of rotatable bonds is 5. The van der Waals surface area contributed by atoms with E-state index in [9.17, 15) is 14.7 Å². The minimum Gasteiger partial charge on any atom is -0.481 e. The molecule has 1 saturated heterocycles. The van der Waals surface area contributed by atoms with E-state index in [1.807, 2.05) is 14.0 Å². The van der Waals surface area contributed by atoms with Crippen molar-refractivity contribution >= 4 is 12.0 Å². The van der Waals surface area contributed by atoms with Gasteiger partial charge in [-0.2, -0.15) is 0 Å². The highest BCUT2D eigenvalue weighted by molar-refractivity contribution is 5.77. The molecule has 0 aromatic carbocycles. The van der Waals surface area contributed by atoms with E-state index in [1.165, 1.54) is 6.42 Å². The molecule has 2 fully saturated rings. The van der Waals surface area contributed by atoms with Gasteiger partial charge in [0.2, 0.25) is 0 Å². The van der Waals surface area contributed by atoms with Crippen molar-refractivity contribution in [3.8, 4) is 0 Å². The molecule has 1 saturated carbocycles. The van der Waals surface area contributed by atoms with Gasteiger partial charge in [-0.3, -0.25) is 4.79 Å². The number of hydrogen-bond acceptors (Lipinski definition) is 3. The summed E-state index contributed by atoms with van der Waals surface area (Å²) < 4.78 is 5.30. The zero-order chi connectivity index (χ0) is 14.7. The second kappa shape index (κ2) is 6.43. The molecule has 114 valence electrons. The Kier molecular flexibility index (Phi) is 4.86. The molecule has 0 aromatic heterocycles. The van der Waals surface area contributed by atoms with E-state index in [2.05, 4.69) is 0 Å². The smallest absolute Gasteiger partial charge is 0.320 e. The topological polar surface area (TPSA) is 70.1 Å². The van der Waals surface area contributed by atoms with Crippen molar-refractivity contribution in [1.82, 2.24) is 9.80 Å². The van der Waals surface area contributed by atoms with Gasteiger partial charge >= 0.3 is 12.0 Å². The Morgan fingerprint density at radius 2 is 2.00 bits per heavy atom. The Morgan fingerprint density at radius 1 is 1.30 bits per heavy atom. The van der Waals surface area contributed by atoms with E-state index in [1.54, 1.807) is 9.80 Å². The summed E-state index contributed by atoms with van der Waals surface area (Å²) in [6, 6.07) is -0.0896. The van der Waals surface area contributed by atoms with E-state index < -0.39 is 11.9 Å². The van der Waals surface area contributed by atoms with Crippen LogP contribution in [0.1, 0.15) is 32.6 Å². The van der Waals surface area contributed by atoms with Crippen LogP contribution in [0.5, 0.6) is 0 Å². The van der Waals surface area contributed by atoms with Gasteiger partial charge < -0.3 is 19.6 Å². The van der Waals surface area contributed by atoms with Crippen molar-refractivity contribution in [3.05, 3.63) is 0 Å². The molecule has 0 radical (unpaired) electrons. The maximum Gasteiger partial charge on any atom is 0.320 e. The van der Waals surface area contributed by atoms with Crippen LogP contribution >= 0.6 is 0 Å². The van der Waals surface area contributed by atoms with Gasteiger partial charge in [-0.25, -0.2) is 4.79 Å². The normalized spacial score (nSPS) is 26.1. The van der Waals surface area contributed by atoms with Crippen LogP contribution in [0, 0.1) is 5.92 Å². The summed E-state index contributed by atoms with van der Waals surface area (Å²) in [5.41, 5.74) is 0. The van der Waals surface area contributed by atoms with Crippen molar-refractivity contribution in [1.29, 1.82) is 0 Å². The van der Waals surface area contributed by atoms with E-state index in [4.69, 9.17) is 4.74 Å². The third-order valence-electron chi connectivity index (χ3n) is 4.40.